The zero-order valence-corrected chi connectivity index (χ0v) is 13.3. The van der Waals surface area contributed by atoms with Crippen LogP contribution in [0.15, 0.2) is 22.7 Å². The van der Waals surface area contributed by atoms with Crippen LogP contribution in [0.2, 0.25) is 0 Å². The standard InChI is InChI=1S/C14H22BrNO2/c1-14(2,18-5)13(16-3)9-10-8-11(17-4)6-7-12(10)15/h6-8,13,16H,9H2,1-5H3. The van der Waals surface area contributed by atoms with Gasteiger partial charge in [0, 0.05) is 17.6 Å². The summed E-state index contributed by atoms with van der Waals surface area (Å²) in [6, 6.07) is 6.25. The van der Waals surface area contributed by atoms with Gasteiger partial charge < -0.3 is 14.8 Å². The number of ether oxygens (including phenoxy) is 2. The Hall–Kier alpha value is -0.580. The van der Waals surface area contributed by atoms with Crippen LogP contribution in [0.3, 0.4) is 0 Å². The molecule has 1 atom stereocenters. The van der Waals surface area contributed by atoms with E-state index >= 15 is 0 Å². The van der Waals surface area contributed by atoms with E-state index in [1.54, 1.807) is 14.2 Å². The molecule has 0 fully saturated rings. The van der Waals surface area contributed by atoms with Crippen LogP contribution >= 0.6 is 15.9 Å². The molecule has 0 amide bonds. The summed E-state index contributed by atoms with van der Waals surface area (Å²) in [4.78, 5) is 0. The molecule has 0 aliphatic heterocycles. The van der Waals surface area contributed by atoms with Crippen molar-refractivity contribution in [2.45, 2.75) is 31.9 Å². The van der Waals surface area contributed by atoms with Gasteiger partial charge in [0.2, 0.25) is 0 Å². The highest BCUT2D eigenvalue weighted by Gasteiger charge is 2.28. The summed E-state index contributed by atoms with van der Waals surface area (Å²) in [5.74, 6) is 0.873. The molecule has 0 aromatic heterocycles. The predicted octanol–water partition coefficient (Wildman–Crippen LogP) is 3.01. The highest BCUT2D eigenvalue weighted by molar-refractivity contribution is 9.10. The first-order valence-electron chi connectivity index (χ1n) is 5.99. The molecule has 4 heteroatoms. The van der Waals surface area contributed by atoms with Crippen molar-refractivity contribution < 1.29 is 9.47 Å². The van der Waals surface area contributed by atoms with E-state index in [9.17, 15) is 0 Å². The lowest BCUT2D eigenvalue weighted by Gasteiger charge is -2.33. The van der Waals surface area contributed by atoms with Crippen molar-refractivity contribution in [1.82, 2.24) is 5.32 Å². The molecule has 1 N–H and O–H groups in total. The molecule has 18 heavy (non-hydrogen) atoms. The van der Waals surface area contributed by atoms with Gasteiger partial charge in [0.25, 0.3) is 0 Å². The van der Waals surface area contributed by atoms with E-state index in [2.05, 4.69) is 41.2 Å². The Bertz CT molecular complexity index is 393. The van der Waals surface area contributed by atoms with Gasteiger partial charge in [0.05, 0.1) is 12.7 Å². The fourth-order valence-electron chi connectivity index (χ4n) is 1.89. The number of hydrogen-bond donors (Lipinski definition) is 1. The molecular weight excluding hydrogens is 294 g/mol. The van der Waals surface area contributed by atoms with Crippen LogP contribution < -0.4 is 10.1 Å². The van der Waals surface area contributed by atoms with Gasteiger partial charge in [-0.15, -0.1) is 0 Å². The SMILES string of the molecule is CNC(Cc1cc(OC)ccc1Br)C(C)(C)OC. The third-order valence-corrected chi connectivity index (χ3v) is 4.16. The summed E-state index contributed by atoms with van der Waals surface area (Å²) in [7, 11) is 5.38. The second-order valence-corrected chi connectivity index (χ2v) is 5.66. The lowest BCUT2D eigenvalue weighted by molar-refractivity contribution is -0.00802. The van der Waals surface area contributed by atoms with Crippen molar-refractivity contribution in [3.05, 3.63) is 28.2 Å². The molecule has 102 valence electrons. The summed E-state index contributed by atoms with van der Waals surface area (Å²) >= 11 is 3.58. The van der Waals surface area contributed by atoms with Crippen LogP contribution in [-0.4, -0.2) is 32.9 Å². The highest BCUT2D eigenvalue weighted by Crippen LogP contribution is 2.26. The highest BCUT2D eigenvalue weighted by atomic mass is 79.9. The summed E-state index contributed by atoms with van der Waals surface area (Å²) in [5.41, 5.74) is 0.982. The van der Waals surface area contributed by atoms with E-state index in [4.69, 9.17) is 9.47 Å². The Morgan fingerprint density at radius 2 is 2.00 bits per heavy atom. The number of methoxy groups -OCH3 is 2. The third-order valence-electron chi connectivity index (χ3n) is 3.39. The molecule has 0 bridgehead atoms. The maximum Gasteiger partial charge on any atom is 0.119 e. The lowest BCUT2D eigenvalue weighted by Crippen LogP contribution is -2.48. The molecule has 0 heterocycles. The first-order chi connectivity index (χ1) is 8.44. The third kappa shape index (κ3) is 3.70. The van der Waals surface area contributed by atoms with Gasteiger partial charge in [-0.1, -0.05) is 15.9 Å². The van der Waals surface area contributed by atoms with Gasteiger partial charge >= 0.3 is 0 Å². The van der Waals surface area contributed by atoms with Gasteiger partial charge in [-0.2, -0.15) is 0 Å². The second kappa shape index (κ2) is 6.55. The van der Waals surface area contributed by atoms with E-state index in [0.717, 1.165) is 16.6 Å². The monoisotopic (exact) mass is 315 g/mol. The number of hydrogen-bond acceptors (Lipinski definition) is 3. The smallest absolute Gasteiger partial charge is 0.119 e. The van der Waals surface area contributed by atoms with Crippen LogP contribution in [0.25, 0.3) is 0 Å². The Morgan fingerprint density at radius 1 is 1.33 bits per heavy atom. The molecule has 0 radical (unpaired) electrons. The summed E-state index contributed by atoms with van der Waals surface area (Å²) in [6.45, 7) is 4.17. The molecular formula is C14H22BrNO2. The molecule has 0 spiro atoms. The van der Waals surface area contributed by atoms with Gasteiger partial charge in [-0.05, 0) is 51.1 Å². The van der Waals surface area contributed by atoms with Crippen molar-refractivity contribution in [1.29, 1.82) is 0 Å². The summed E-state index contributed by atoms with van der Waals surface area (Å²) in [6.07, 6.45) is 0.870. The van der Waals surface area contributed by atoms with Crippen molar-refractivity contribution in [2.75, 3.05) is 21.3 Å². The Balaban J connectivity index is 2.94. The number of nitrogens with one attached hydrogen (secondary N) is 1. The minimum Gasteiger partial charge on any atom is -0.497 e. The van der Waals surface area contributed by atoms with E-state index < -0.39 is 0 Å². The number of likely N-dealkylation sites (N-methyl/N-ethyl adjacent to an activating group) is 1. The zero-order valence-electron chi connectivity index (χ0n) is 11.7. The molecule has 0 saturated heterocycles. The maximum absolute atomic E-state index is 5.55. The van der Waals surface area contributed by atoms with Crippen LogP contribution in [0.5, 0.6) is 5.75 Å². The molecule has 1 rings (SSSR count). The minimum absolute atomic E-state index is 0.225. The number of rotatable bonds is 6. The topological polar surface area (TPSA) is 30.5 Å². The number of benzene rings is 1. The van der Waals surface area contributed by atoms with E-state index in [0.29, 0.717) is 0 Å². The van der Waals surface area contributed by atoms with Crippen LogP contribution in [0, 0.1) is 0 Å². The predicted molar refractivity (Wildman–Crippen MR) is 78.3 cm³/mol. The molecule has 1 unspecified atom stereocenters. The van der Waals surface area contributed by atoms with Crippen molar-refractivity contribution in [3.63, 3.8) is 0 Å². The van der Waals surface area contributed by atoms with Crippen LogP contribution in [-0.2, 0) is 11.2 Å². The molecule has 1 aromatic rings. The number of halogens is 1. The Labute approximate surface area is 118 Å². The normalized spacial score (nSPS) is 13.4. The van der Waals surface area contributed by atoms with Gasteiger partial charge in [-0.25, -0.2) is 0 Å². The Morgan fingerprint density at radius 3 is 2.50 bits per heavy atom. The maximum atomic E-state index is 5.55. The summed E-state index contributed by atoms with van der Waals surface area (Å²) in [5, 5.41) is 3.32. The van der Waals surface area contributed by atoms with Crippen molar-refractivity contribution in [2.24, 2.45) is 0 Å². The largest absolute Gasteiger partial charge is 0.497 e. The van der Waals surface area contributed by atoms with Crippen molar-refractivity contribution in [3.8, 4) is 5.75 Å². The average molecular weight is 316 g/mol. The first-order valence-corrected chi connectivity index (χ1v) is 6.78. The summed E-state index contributed by atoms with van der Waals surface area (Å²) < 4.78 is 11.9. The van der Waals surface area contributed by atoms with Crippen LogP contribution in [0.1, 0.15) is 19.4 Å². The average Bonchev–Trinajstić information content (AvgIpc) is 2.37. The van der Waals surface area contributed by atoms with Gasteiger partial charge in [0.1, 0.15) is 5.75 Å². The molecule has 0 saturated carbocycles. The molecule has 0 aliphatic rings. The minimum atomic E-state index is -0.225. The lowest BCUT2D eigenvalue weighted by atomic mass is 9.92. The van der Waals surface area contributed by atoms with E-state index in [-0.39, 0.29) is 11.6 Å². The van der Waals surface area contributed by atoms with Gasteiger partial charge in [0.15, 0.2) is 0 Å². The Kier molecular flexibility index (Phi) is 5.63. The van der Waals surface area contributed by atoms with E-state index in [1.807, 2.05) is 19.2 Å². The fraction of sp³-hybridized carbons (Fsp3) is 0.571. The molecule has 1 aromatic carbocycles. The fourth-order valence-corrected chi connectivity index (χ4v) is 2.30. The van der Waals surface area contributed by atoms with Crippen molar-refractivity contribution >= 4 is 15.9 Å². The molecule has 0 aliphatic carbocycles. The van der Waals surface area contributed by atoms with Crippen LogP contribution in [0.4, 0.5) is 0 Å². The quantitative estimate of drug-likeness (QED) is 0.875. The van der Waals surface area contributed by atoms with Gasteiger partial charge in [-0.3, -0.25) is 0 Å². The molecule has 3 nitrogen and oxygen atoms in total. The zero-order chi connectivity index (χ0) is 13.8. The van der Waals surface area contributed by atoms with E-state index in [1.165, 1.54) is 5.56 Å². The second-order valence-electron chi connectivity index (χ2n) is 4.81. The first kappa shape index (κ1) is 15.5.